The van der Waals surface area contributed by atoms with Crippen molar-refractivity contribution in [2.45, 2.75) is 27.3 Å². The number of hydrogen-bond donors (Lipinski definition) is 1. The van der Waals surface area contributed by atoms with E-state index in [1.54, 1.807) is 12.4 Å². The molecule has 0 bridgehead atoms. The van der Waals surface area contributed by atoms with Gasteiger partial charge in [0.15, 0.2) is 5.65 Å². The van der Waals surface area contributed by atoms with Gasteiger partial charge in [-0.25, -0.2) is 9.50 Å². The molecule has 0 radical (unpaired) electrons. The zero-order valence-corrected chi connectivity index (χ0v) is 17.5. The average molecular weight is 397 g/mol. The van der Waals surface area contributed by atoms with Crippen molar-refractivity contribution in [3.63, 3.8) is 0 Å². The molecule has 0 aliphatic heterocycles. The molecule has 0 amide bonds. The van der Waals surface area contributed by atoms with Crippen molar-refractivity contribution < 1.29 is 0 Å². The van der Waals surface area contributed by atoms with Crippen LogP contribution in [-0.2, 0) is 13.6 Å². The number of fused-ring (bicyclic) bond motifs is 2. The van der Waals surface area contributed by atoms with E-state index in [2.05, 4.69) is 33.6 Å². The number of nitrogens with one attached hydrogen (secondary N) is 1. The van der Waals surface area contributed by atoms with Crippen molar-refractivity contribution in [1.29, 1.82) is 0 Å². The van der Waals surface area contributed by atoms with E-state index in [-0.39, 0.29) is 0 Å². The highest BCUT2D eigenvalue weighted by molar-refractivity contribution is 5.87. The summed E-state index contributed by atoms with van der Waals surface area (Å²) >= 11 is 0. The van der Waals surface area contributed by atoms with E-state index in [1.165, 1.54) is 5.56 Å². The average Bonchev–Trinajstić information content (AvgIpc) is 3.22. The summed E-state index contributed by atoms with van der Waals surface area (Å²) < 4.78 is 3.87. The second kappa shape index (κ2) is 6.95. The van der Waals surface area contributed by atoms with Gasteiger partial charge in [-0.3, -0.25) is 9.67 Å². The van der Waals surface area contributed by atoms with Crippen LogP contribution in [-0.4, -0.2) is 29.4 Å². The van der Waals surface area contributed by atoms with Crippen molar-refractivity contribution >= 4 is 22.2 Å². The predicted octanol–water partition coefficient (Wildman–Crippen LogP) is 4.22. The Balaban J connectivity index is 1.62. The lowest BCUT2D eigenvalue weighted by Gasteiger charge is -2.10. The molecule has 30 heavy (non-hydrogen) atoms. The Kier molecular flexibility index (Phi) is 4.24. The molecule has 0 fully saturated rings. The Morgan fingerprint density at radius 3 is 2.53 bits per heavy atom. The van der Waals surface area contributed by atoms with Gasteiger partial charge >= 0.3 is 0 Å². The highest BCUT2D eigenvalue weighted by Crippen LogP contribution is 2.31. The van der Waals surface area contributed by atoms with Gasteiger partial charge in [0.2, 0.25) is 0 Å². The summed E-state index contributed by atoms with van der Waals surface area (Å²) in [6, 6.07) is 12.5. The fraction of sp³-hybridized carbons (Fsp3) is 0.217. The first-order chi connectivity index (χ1) is 14.5. The maximum atomic E-state index is 4.86. The molecule has 0 aliphatic carbocycles. The molecule has 5 aromatic rings. The monoisotopic (exact) mass is 397 g/mol. The van der Waals surface area contributed by atoms with Gasteiger partial charge in [-0.05, 0) is 56.7 Å². The van der Waals surface area contributed by atoms with Gasteiger partial charge in [-0.1, -0.05) is 6.07 Å². The minimum atomic E-state index is 0.698. The van der Waals surface area contributed by atoms with Crippen LogP contribution in [0, 0.1) is 20.8 Å². The number of pyridine rings is 1. The topological polar surface area (TPSA) is 72.9 Å². The summed E-state index contributed by atoms with van der Waals surface area (Å²) in [7, 11) is 1.97. The summed E-state index contributed by atoms with van der Waals surface area (Å²) in [5, 5.41) is 14.0. The largest absolute Gasteiger partial charge is 0.378 e. The fourth-order valence-corrected chi connectivity index (χ4v) is 4.00. The SMILES string of the molecule is Cc1cc(NCc2ccncc2)c2nc(C)c(-c3ccc4c(c3)c(C)nn4C)n2n1. The van der Waals surface area contributed by atoms with E-state index in [9.17, 15) is 0 Å². The summed E-state index contributed by atoms with van der Waals surface area (Å²) in [6.07, 6.45) is 3.61. The molecular formula is C23H23N7. The van der Waals surface area contributed by atoms with Crippen LogP contribution in [0.3, 0.4) is 0 Å². The van der Waals surface area contributed by atoms with E-state index >= 15 is 0 Å². The summed E-state index contributed by atoms with van der Waals surface area (Å²) in [5.41, 5.74) is 9.05. The molecule has 150 valence electrons. The molecule has 0 spiro atoms. The summed E-state index contributed by atoms with van der Waals surface area (Å²) in [6.45, 7) is 6.78. The van der Waals surface area contributed by atoms with Crippen LogP contribution in [0.1, 0.15) is 22.6 Å². The molecule has 4 aromatic heterocycles. The number of anilines is 1. The Hall–Kier alpha value is -3.74. The van der Waals surface area contributed by atoms with Crippen LogP contribution in [0.25, 0.3) is 27.8 Å². The molecule has 7 heteroatoms. The number of aryl methyl sites for hydroxylation is 4. The summed E-state index contributed by atoms with van der Waals surface area (Å²) in [4.78, 5) is 8.94. The van der Waals surface area contributed by atoms with Crippen LogP contribution < -0.4 is 5.32 Å². The minimum absolute atomic E-state index is 0.698. The molecule has 0 unspecified atom stereocenters. The predicted molar refractivity (Wildman–Crippen MR) is 118 cm³/mol. The number of benzene rings is 1. The van der Waals surface area contributed by atoms with Crippen LogP contribution in [0.4, 0.5) is 5.69 Å². The molecule has 0 saturated heterocycles. The lowest BCUT2D eigenvalue weighted by atomic mass is 10.1. The lowest BCUT2D eigenvalue weighted by molar-refractivity contribution is 0.783. The van der Waals surface area contributed by atoms with E-state index in [0.29, 0.717) is 6.54 Å². The highest BCUT2D eigenvalue weighted by atomic mass is 15.3. The van der Waals surface area contributed by atoms with Gasteiger partial charge in [0, 0.05) is 36.9 Å². The van der Waals surface area contributed by atoms with Crippen LogP contribution >= 0.6 is 0 Å². The van der Waals surface area contributed by atoms with Gasteiger partial charge < -0.3 is 5.32 Å². The Bertz CT molecular complexity index is 1380. The molecule has 0 saturated carbocycles. The molecular weight excluding hydrogens is 374 g/mol. The zero-order chi connectivity index (χ0) is 20.8. The van der Waals surface area contributed by atoms with Gasteiger partial charge in [0.25, 0.3) is 0 Å². The number of imidazole rings is 1. The quantitative estimate of drug-likeness (QED) is 0.492. The Labute approximate surface area is 174 Å². The van der Waals surface area contributed by atoms with E-state index in [4.69, 9.17) is 10.1 Å². The highest BCUT2D eigenvalue weighted by Gasteiger charge is 2.17. The van der Waals surface area contributed by atoms with Gasteiger partial charge in [0.1, 0.15) is 0 Å². The zero-order valence-electron chi connectivity index (χ0n) is 17.5. The van der Waals surface area contributed by atoms with Gasteiger partial charge in [0.05, 0.1) is 34.0 Å². The molecule has 1 aromatic carbocycles. The Morgan fingerprint density at radius 2 is 1.73 bits per heavy atom. The lowest BCUT2D eigenvalue weighted by Crippen LogP contribution is -2.05. The molecule has 7 nitrogen and oxygen atoms in total. The normalized spacial score (nSPS) is 11.5. The molecule has 1 N–H and O–H groups in total. The second-order valence-corrected chi connectivity index (χ2v) is 7.63. The van der Waals surface area contributed by atoms with Crippen molar-refractivity contribution in [2.75, 3.05) is 5.32 Å². The minimum Gasteiger partial charge on any atom is -0.378 e. The molecule has 5 rings (SSSR count). The van der Waals surface area contributed by atoms with E-state index < -0.39 is 0 Å². The maximum absolute atomic E-state index is 4.86. The van der Waals surface area contributed by atoms with Gasteiger partial charge in [-0.15, -0.1) is 0 Å². The van der Waals surface area contributed by atoms with Crippen molar-refractivity contribution in [2.24, 2.45) is 7.05 Å². The first kappa shape index (κ1) is 18.3. The smallest absolute Gasteiger partial charge is 0.177 e. The fourth-order valence-electron chi connectivity index (χ4n) is 4.00. The van der Waals surface area contributed by atoms with Crippen LogP contribution in [0.15, 0.2) is 48.8 Å². The van der Waals surface area contributed by atoms with E-state index in [1.807, 2.05) is 55.2 Å². The maximum Gasteiger partial charge on any atom is 0.177 e. The third kappa shape index (κ3) is 2.99. The second-order valence-electron chi connectivity index (χ2n) is 7.63. The van der Waals surface area contributed by atoms with Crippen LogP contribution in [0.2, 0.25) is 0 Å². The third-order valence-corrected chi connectivity index (χ3v) is 5.42. The number of hydrogen-bond acceptors (Lipinski definition) is 5. The van der Waals surface area contributed by atoms with Gasteiger partial charge in [-0.2, -0.15) is 10.2 Å². The number of rotatable bonds is 4. The number of aromatic nitrogens is 6. The van der Waals surface area contributed by atoms with Crippen molar-refractivity contribution in [3.05, 3.63) is 71.4 Å². The first-order valence-electron chi connectivity index (χ1n) is 9.95. The molecule has 0 atom stereocenters. The first-order valence-corrected chi connectivity index (χ1v) is 9.95. The summed E-state index contributed by atoms with van der Waals surface area (Å²) in [5.74, 6) is 0. The Morgan fingerprint density at radius 1 is 0.933 bits per heavy atom. The third-order valence-electron chi connectivity index (χ3n) is 5.42. The molecule has 0 aliphatic rings. The number of nitrogens with zero attached hydrogens (tertiary/aromatic N) is 6. The van der Waals surface area contributed by atoms with Crippen molar-refractivity contribution in [1.82, 2.24) is 29.4 Å². The standard InChI is InChI=1S/C23H23N7/c1-14-11-20(25-13-17-7-9-24-10-8-17)23-26-16(3)22(30(23)27-14)18-5-6-21-19(12-18)15(2)28-29(21)4/h5-12,25H,13H2,1-4H3. The molecule has 4 heterocycles. The van der Waals surface area contributed by atoms with Crippen LogP contribution in [0.5, 0.6) is 0 Å². The van der Waals surface area contributed by atoms with Crippen molar-refractivity contribution in [3.8, 4) is 11.3 Å². The van der Waals surface area contributed by atoms with E-state index in [0.717, 1.165) is 50.6 Å².